The van der Waals surface area contributed by atoms with Gasteiger partial charge in [0.15, 0.2) is 0 Å². The van der Waals surface area contributed by atoms with E-state index in [1.807, 2.05) is 0 Å². The molecule has 0 bridgehead atoms. The molecule has 0 atom stereocenters. The molecule has 0 aromatic heterocycles. The highest BCUT2D eigenvalue weighted by atomic mass is 15.3. The van der Waals surface area contributed by atoms with Crippen LogP contribution in [0.5, 0.6) is 0 Å². The van der Waals surface area contributed by atoms with Crippen molar-refractivity contribution in [3.63, 3.8) is 0 Å². The highest BCUT2D eigenvalue weighted by Gasteiger charge is 2.26. The molecule has 0 spiro atoms. The number of rotatable bonds is 41. The lowest BCUT2D eigenvalue weighted by Gasteiger charge is -2.39. The Kier molecular flexibility index (Phi) is 37.4. The lowest BCUT2D eigenvalue weighted by molar-refractivity contribution is -0.941. The lowest BCUT2D eigenvalue weighted by atomic mass is 10.1. The Morgan fingerprint density at radius 2 is 0.585 bits per heavy atom. The molecule has 0 aliphatic heterocycles. The fraction of sp³-hybridized carbons (Fsp3) is 0.769. The van der Waals surface area contributed by atoms with E-state index in [0.717, 1.165) is 0 Å². The number of nitrogens with zero attached hydrogens (tertiary/aromatic N) is 1. The van der Waals surface area contributed by atoms with Crippen LogP contribution < -0.4 is 0 Å². The van der Waals surface area contributed by atoms with Crippen LogP contribution in [-0.4, -0.2) is 24.1 Å². The summed E-state index contributed by atoms with van der Waals surface area (Å²) in [5.41, 5.74) is 1.53. The maximum absolute atomic E-state index is 2.50. The van der Waals surface area contributed by atoms with Crippen LogP contribution in [0.4, 0.5) is 0 Å². The summed E-state index contributed by atoms with van der Waals surface area (Å²) in [5.74, 6) is 0. The molecule has 1 rings (SSSR count). The molecule has 0 unspecified atom stereocenters. The summed E-state index contributed by atoms with van der Waals surface area (Å²) in [4.78, 5) is 0. The maximum Gasteiger partial charge on any atom is 0.104 e. The lowest BCUT2D eigenvalue weighted by Crippen LogP contribution is -2.49. The van der Waals surface area contributed by atoms with Gasteiger partial charge in [-0.3, -0.25) is 0 Å². The first-order valence-electron chi connectivity index (χ1n) is 24.1. The average Bonchev–Trinajstić information content (AvgIpc) is 3.17. The fourth-order valence-corrected chi connectivity index (χ4v) is 8.04. The first kappa shape index (κ1) is 49.4. The normalized spacial score (nSPS) is 12.4. The molecule has 0 N–H and O–H groups in total. The third-order valence-electron chi connectivity index (χ3n) is 11.5. The summed E-state index contributed by atoms with van der Waals surface area (Å²) in [5, 5.41) is 0. The zero-order chi connectivity index (χ0) is 38.0. The van der Waals surface area contributed by atoms with Gasteiger partial charge in [-0.2, -0.15) is 0 Å². The van der Waals surface area contributed by atoms with Crippen molar-refractivity contribution in [3.8, 4) is 0 Å². The number of unbranched alkanes of at least 4 members (excludes halogenated alkanes) is 27. The van der Waals surface area contributed by atoms with Crippen molar-refractivity contribution >= 4 is 0 Å². The second kappa shape index (κ2) is 40.1. The summed E-state index contributed by atoms with van der Waals surface area (Å²) in [6, 6.07) is 11.5. The van der Waals surface area contributed by atoms with E-state index in [1.165, 1.54) is 248 Å². The van der Waals surface area contributed by atoms with Crippen LogP contribution in [0.15, 0.2) is 66.8 Å². The van der Waals surface area contributed by atoms with Gasteiger partial charge in [-0.25, -0.2) is 0 Å². The maximum atomic E-state index is 2.50. The standard InChI is InChI=1S/C52H94N/c1-4-7-10-13-16-19-22-25-28-31-34-37-43-48-53(51-52-46-41-40-42-47-52,49-44-38-35-32-29-26-23-20-17-14-11-8-5-2)50-45-39-36-33-30-27-24-21-18-15-12-9-6-3/h28-33,40-42,46-47H,4-27,34-39,43-45,48-51H2,1-3H3/q+1/b31-28+,32-29+,33-30+. The summed E-state index contributed by atoms with van der Waals surface area (Å²) >= 11 is 0. The molecular formula is C52H94N+. The van der Waals surface area contributed by atoms with Crippen molar-refractivity contribution in [2.75, 3.05) is 19.6 Å². The Bertz CT molecular complexity index is 837. The summed E-state index contributed by atoms with van der Waals surface area (Å²) in [6.45, 7) is 12.1. The van der Waals surface area contributed by atoms with Gasteiger partial charge in [0, 0.05) is 5.56 Å². The third kappa shape index (κ3) is 33.5. The predicted molar refractivity (Wildman–Crippen MR) is 242 cm³/mol. The van der Waals surface area contributed by atoms with E-state index >= 15 is 0 Å². The quantitative estimate of drug-likeness (QED) is 0.0357. The minimum Gasteiger partial charge on any atom is -0.320 e. The van der Waals surface area contributed by atoms with Crippen molar-refractivity contribution in [3.05, 3.63) is 72.4 Å². The zero-order valence-corrected chi connectivity index (χ0v) is 36.5. The number of hydrogen-bond donors (Lipinski definition) is 0. The van der Waals surface area contributed by atoms with Gasteiger partial charge < -0.3 is 4.48 Å². The van der Waals surface area contributed by atoms with Crippen molar-refractivity contribution in [1.29, 1.82) is 0 Å². The number of quaternary nitrogens is 1. The Hall–Kier alpha value is -1.60. The van der Waals surface area contributed by atoms with E-state index in [1.54, 1.807) is 0 Å². The summed E-state index contributed by atoms with van der Waals surface area (Å²) < 4.78 is 1.29. The van der Waals surface area contributed by atoms with Crippen LogP contribution in [0.3, 0.4) is 0 Å². The molecule has 1 heteroatoms. The number of allylic oxidation sites excluding steroid dienone is 6. The first-order chi connectivity index (χ1) is 26.3. The van der Waals surface area contributed by atoms with Gasteiger partial charge in [-0.15, -0.1) is 0 Å². The van der Waals surface area contributed by atoms with Crippen LogP contribution in [0.2, 0.25) is 0 Å². The molecule has 0 aliphatic rings. The van der Waals surface area contributed by atoms with Gasteiger partial charge >= 0.3 is 0 Å². The minimum absolute atomic E-state index is 1.21. The molecule has 0 saturated heterocycles. The van der Waals surface area contributed by atoms with Crippen molar-refractivity contribution < 1.29 is 4.48 Å². The first-order valence-corrected chi connectivity index (χ1v) is 24.1. The topological polar surface area (TPSA) is 0 Å². The average molecular weight is 733 g/mol. The molecule has 0 heterocycles. The highest BCUT2D eigenvalue weighted by Crippen LogP contribution is 2.22. The van der Waals surface area contributed by atoms with Crippen LogP contribution in [0.1, 0.15) is 238 Å². The largest absolute Gasteiger partial charge is 0.320 e. The summed E-state index contributed by atoms with van der Waals surface area (Å²) in [7, 11) is 0. The second-order valence-electron chi connectivity index (χ2n) is 16.8. The molecular weight excluding hydrogens is 639 g/mol. The van der Waals surface area contributed by atoms with Crippen molar-refractivity contribution in [1.82, 2.24) is 0 Å². The smallest absolute Gasteiger partial charge is 0.104 e. The van der Waals surface area contributed by atoms with E-state index in [-0.39, 0.29) is 0 Å². The fourth-order valence-electron chi connectivity index (χ4n) is 8.04. The van der Waals surface area contributed by atoms with Crippen LogP contribution >= 0.6 is 0 Å². The van der Waals surface area contributed by atoms with E-state index < -0.39 is 0 Å². The van der Waals surface area contributed by atoms with Crippen molar-refractivity contribution in [2.45, 2.75) is 239 Å². The Morgan fingerprint density at radius 1 is 0.321 bits per heavy atom. The molecule has 306 valence electrons. The van der Waals surface area contributed by atoms with E-state index in [0.29, 0.717) is 0 Å². The molecule has 0 amide bonds. The van der Waals surface area contributed by atoms with Crippen LogP contribution in [0, 0.1) is 0 Å². The van der Waals surface area contributed by atoms with Gasteiger partial charge in [0.25, 0.3) is 0 Å². The zero-order valence-electron chi connectivity index (χ0n) is 36.5. The molecule has 1 aromatic rings. The monoisotopic (exact) mass is 733 g/mol. The van der Waals surface area contributed by atoms with Crippen LogP contribution in [0.25, 0.3) is 0 Å². The molecule has 0 fully saturated rings. The van der Waals surface area contributed by atoms with E-state index in [9.17, 15) is 0 Å². The van der Waals surface area contributed by atoms with Crippen LogP contribution in [-0.2, 0) is 6.54 Å². The van der Waals surface area contributed by atoms with Crippen molar-refractivity contribution in [2.24, 2.45) is 0 Å². The van der Waals surface area contributed by atoms with Gasteiger partial charge in [0.1, 0.15) is 6.54 Å². The molecule has 1 nitrogen and oxygen atoms in total. The van der Waals surface area contributed by atoms with Gasteiger partial charge in [-0.1, -0.05) is 203 Å². The highest BCUT2D eigenvalue weighted by molar-refractivity contribution is 5.13. The number of benzene rings is 1. The Labute approximate surface area is 334 Å². The van der Waals surface area contributed by atoms with Gasteiger partial charge in [-0.05, 0) is 96.3 Å². The van der Waals surface area contributed by atoms with E-state index in [2.05, 4.69) is 87.6 Å². The number of hydrogen-bond acceptors (Lipinski definition) is 0. The molecule has 0 radical (unpaired) electrons. The Morgan fingerprint density at radius 3 is 0.887 bits per heavy atom. The van der Waals surface area contributed by atoms with E-state index in [4.69, 9.17) is 0 Å². The predicted octanol–water partition coefficient (Wildman–Crippen LogP) is 17.6. The van der Waals surface area contributed by atoms with Gasteiger partial charge in [0.05, 0.1) is 19.6 Å². The second-order valence-corrected chi connectivity index (χ2v) is 16.8. The summed E-state index contributed by atoms with van der Waals surface area (Å²) in [6.07, 6.45) is 60.2. The SMILES string of the molecule is CCCCCCCCC/C=C/CCCC[N+](CCCC/C=C/CCCCCCCCC)(CCCC/C=C/CCCCCCCCC)Cc1ccccc1. The van der Waals surface area contributed by atoms with Gasteiger partial charge in [0.2, 0.25) is 0 Å². The minimum atomic E-state index is 1.21. The molecule has 0 saturated carbocycles. The third-order valence-corrected chi connectivity index (χ3v) is 11.5. The molecule has 53 heavy (non-hydrogen) atoms. The molecule has 0 aliphatic carbocycles. The Balaban J connectivity index is 2.61. The molecule has 1 aromatic carbocycles.